The Hall–Kier alpha value is -3.72. The number of anilines is 1. The van der Waals surface area contributed by atoms with Crippen LogP contribution in [0.5, 0.6) is 0 Å². The van der Waals surface area contributed by atoms with Gasteiger partial charge in [-0.1, -0.05) is 30.3 Å². The highest BCUT2D eigenvalue weighted by Gasteiger charge is 2.44. The van der Waals surface area contributed by atoms with Crippen LogP contribution in [0, 0.1) is 5.82 Å². The van der Waals surface area contributed by atoms with Crippen LogP contribution in [0.3, 0.4) is 0 Å². The van der Waals surface area contributed by atoms with Crippen molar-refractivity contribution in [2.45, 2.75) is 24.9 Å². The summed E-state index contributed by atoms with van der Waals surface area (Å²) in [5, 5.41) is 5.67. The second-order valence-electron chi connectivity index (χ2n) is 8.47. The van der Waals surface area contributed by atoms with Gasteiger partial charge in [0.1, 0.15) is 5.82 Å². The third-order valence-corrected chi connectivity index (χ3v) is 5.79. The van der Waals surface area contributed by atoms with Gasteiger partial charge < -0.3 is 15.4 Å². The Balaban J connectivity index is 1.60. The first-order valence-electron chi connectivity index (χ1n) is 11.1. The molecule has 34 heavy (non-hydrogen) atoms. The number of hydrogen-bond acceptors (Lipinski definition) is 5. The number of ether oxygens (including phenoxy) is 1. The molecule has 4 rings (SSSR count). The molecule has 8 nitrogen and oxygen atoms in total. The number of rotatable bonds is 8. The van der Waals surface area contributed by atoms with Crippen molar-refractivity contribution in [2.75, 3.05) is 32.6 Å². The van der Waals surface area contributed by atoms with Crippen molar-refractivity contribution < 1.29 is 23.5 Å². The van der Waals surface area contributed by atoms with Crippen LogP contribution in [0.1, 0.15) is 24.4 Å². The molecule has 2 N–H and O–H groups in total. The lowest BCUT2D eigenvalue weighted by atomic mass is 9.94. The molecule has 2 aromatic rings. The van der Waals surface area contributed by atoms with Crippen LogP contribution in [0.4, 0.5) is 14.9 Å². The molecule has 1 aliphatic carbocycles. The lowest BCUT2D eigenvalue weighted by molar-refractivity contribution is -0.136. The minimum Gasteiger partial charge on any atom is -0.466 e. The van der Waals surface area contributed by atoms with Crippen LogP contribution in [0.25, 0.3) is 0 Å². The molecule has 3 amide bonds. The standard InChI is InChI=1S/C25H27FN4O4/c1-29(15-21(31)27-18-10-8-17(26)9-11-18)14-20-22(24(32)34-2)23(16-6-4-3-5-7-16)28-25(33)30(20)19-12-13-19/h3-11,19,23H,12-15H2,1-2H3,(H,27,31)(H,28,33). The van der Waals surface area contributed by atoms with Gasteiger partial charge in [0.05, 0.1) is 25.3 Å². The molecule has 1 atom stereocenters. The molecule has 1 unspecified atom stereocenters. The maximum atomic E-state index is 13.1. The average molecular weight is 467 g/mol. The molecule has 0 bridgehead atoms. The lowest BCUT2D eigenvalue weighted by Crippen LogP contribution is -2.51. The Morgan fingerprint density at radius 3 is 2.44 bits per heavy atom. The van der Waals surface area contributed by atoms with Gasteiger partial charge in [0, 0.05) is 24.0 Å². The Kier molecular flexibility index (Phi) is 6.93. The van der Waals surface area contributed by atoms with Gasteiger partial charge in [-0.2, -0.15) is 0 Å². The maximum Gasteiger partial charge on any atom is 0.338 e. The molecule has 1 aliphatic heterocycles. The van der Waals surface area contributed by atoms with Crippen LogP contribution in [0.2, 0.25) is 0 Å². The van der Waals surface area contributed by atoms with Crippen LogP contribution in [0.15, 0.2) is 65.9 Å². The summed E-state index contributed by atoms with van der Waals surface area (Å²) < 4.78 is 18.2. The summed E-state index contributed by atoms with van der Waals surface area (Å²) in [5.41, 5.74) is 2.13. The van der Waals surface area contributed by atoms with E-state index in [1.54, 1.807) is 16.8 Å². The van der Waals surface area contributed by atoms with Gasteiger partial charge in [-0.05, 0) is 49.7 Å². The van der Waals surface area contributed by atoms with Gasteiger partial charge in [0.2, 0.25) is 5.91 Å². The number of benzene rings is 2. The number of halogens is 1. The number of nitrogens with zero attached hydrogens (tertiary/aromatic N) is 2. The van der Waals surface area contributed by atoms with Crippen molar-refractivity contribution in [1.29, 1.82) is 0 Å². The summed E-state index contributed by atoms with van der Waals surface area (Å²) >= 11 is 0. The fourth-order valence-corrected chi connectivity index (χ4v) is 4.10. The molecule has 0 aromatic heterocycles. The van der Waals surface area contributed by atoms with Crippen molar-refractivity contribution >= 4 is 23.6 Å². The first-order valence-corrected chi connectivity index (χ1v) is 11.1. The zero-order valence-corrected chi connectivity index (χ0v) is 19.1. The zero-order chi connectivity index (χ0) is 24.2. The van der Waals surface area contributed by atoms with Gasteiger partial charge >= 0.3 is 12.0 Å². The van der Waals surface area contributed by atoms with Gasteiger partial charge in [-0.25, -0.2) is 14.0 Å². The molecule has 1 fully saturated rings. The lowest BCUT2D eigenvalue weighted by Gasteiger charge is -2.38. The highest BCUT2D eigenvalue weighted by molar-refractivity contribution is 5.95. The molecule has 1 saturated carbocycles. The van der Waals surface area contributed by atoms with Gasteiger partial charge in [-0.3, -0.25) is 14.6 Å². The predicted octanol–water partition coefficient (Wildman–Crippen LogP) is 3.05. The Labute approximate surface area is 197 Å². The number of urea groups is 1. The van der Waals surface area contributed by atoms with E-state index in [0.29, 0.717) is 17.0 Å². The summed E-state index contributed by atoms with van der Waals surface area (Å²) in [6, 6.07) is 13.8. The molecule has 9 heteroatoms. The largest absolute Gasteiger partial charge is 0.466 e. The molecule has 178 valence electrons. The Bertz CT molecular complexity index is 1100. The number of methoxy groups -OCH3 is 1. The summed E-state index contributed by atoms with van der Waals surface area (Å²) in [5.74, 6) is -1.22. The quantitative estimate of drug-likeness (QED) is 0.584. The molecule has 0 saturated heterocycles. The number of carbonyl (C=O) groups is 3. The molecule has 2 aromatic carbocycles. The van der Waals surface area contributed by atoms with Gasteiger partial charge in [-0.15, -0.1) is 0 Å². The number of hydrogen-bond donors (Lipinski definition) is 2. The van der Waals surface area contributed by atoms with E-state index in [4.69, 9.17) is 4.74 Å². The van der Waals surface area contributed by atoms with Gasteiger partial charge in [0.25, 0.3) is 0 Å². The van der Waals surface area contributed by atoms with Crippen molar-refractivity contribution in [3.63, 3.8) is 0 Å². The molecule has 0 spiro atoms. The fraction of sp³-hybridized carbons (Fsp3) is 0.320. The SMILES string of the molecule is COC(=O)C1=C(CN(C)CC(=O)Nc2ccc(F)cc2)N(C2CC2)C(=O)NC1c1ccccc1. The van der Waals surface area contributed by atoms with E-state index < -0.39 is 12.0 Å². The van der Waals surface area contributed by atoms with Crippen molar-refractivity contribution in [2.24, 2.45) is 0 Å². The minimum atomic E-state index is -0.660. The highest BCUT2D eigenvalue weighted by atomic mass is 19.1. The first kappa shape index (κ1) is 23.4. The van der Waals surface area contributed by atoms with Crippen LogP contribution in [-0.2, 0) is 14.3 Å². The number of amides is 3. The van der Waals surface area contributed by atoms with E-state index in [9.17, 15) is 18.8 Å². The third-order valence-electron chi connectivity index (χ3n) is 5.79. The molecular formula is C25H27FN4O4. The van der Waals surface area contributed by atoms with E-state index in [0.717, 1.165) is 18.4 Å². The van der Waals surface area contributed by atoms with Crippen molar-refractivity contribution in [3.05, 3.63) is 77.2 Å². The summed E-state index contributed by atoms with van der Waals surface area (Å²) in [6.07, 6.45) is 1.69. The van der Waals surface area contributed by atoms with E-state index in [1.165, 1.54) is 31.4 Å². The van der Waals surface area contributed by atoms with E-state index in [-0.39, 0.29) is 36.9 Å². The number of carbonyl (C=O) groups excluding carboxylic acids is 3. The fourth-order valence-electron chi connectivity index (χ4n) is 4.10. The third kappa shape index (κ3) is 5.26. The number of esters is 1. The monoisotopic (exact) mass is 466 g/mol. The summed E-state index contributed by atoms with van der Waals surface area (Å²) in [6.45, 7) is 0.194. The highest BCUT2D eigenvalue weighted by Crippen LogP contribution is 2.38. The smallest absolute Gasteiger partial charge is 0.338 e. The van der Waals surface area contributed by atoms with Crippen LogP contribution >= 0.6 is 0 Å². The minimum absolute atomic E-state index is 0.00542. The Morgan fingerprint density at radius 1 is 1.15 bits per heavy atom. The Morgan fingerprint density at radius 2 is 1.82 bits per heavy atom. The second kappa shape index (κ2) is 10.0. The van der Waals surface area contributed by atoms with Crippen molar-refractivity contribution in [1.82, 2.24) is 15.1 Å². The first-order chi connectivity index (χ1) is 16.4. The van der Waals surface area contributed by atoms with E-state index in [2.05, 4.69) is 10.6 Å². The molecule has 1 heterocycles. The molecular weight excluding hydrogens is 439 g/mol. The van der Waals surface area contributed by atoms with Crippen LogP contribution in [-0.4, -0.2) is 61.0 Å². The van der Waals surface area contributed by atoms with Crippen molar-refractivity contribution in [3.8, 4) is 0 Å². The summed E-state index contributed by atoms with van der Waals surface area (Å²) in [7, 11) is 3.05. The number of likely N-dealkylation sites (N-methyl/N-ethyl adjacent to an activating group) is 1. The molecule has 0 radical (unpaired) electrons. The number of nitrogens with one attached hydrogen (secondary N) is 2. The summed E-state index contributed by atoms with van der Waals surface area (Å²) in [4.78, 5) is 41.9. The maximum absolute atomic E-state index is 13.1. The molecule has 2 aliphatic rings. The zero-order valence-electron chi connectivity index (χ0n) is 19.1. The normalized spacial score (nSPS) is 18.1. The van der Waals surface area contributed by atoms with Gasteiger partial charge in [0.15, 0.2) is 0 Å². The topological polar surface area (TPSA) is 91.0 Å². The van der Waals surface area contributed by atoms with E-state index >= 15 is 0 Å². The van der Waals surface area contributed by atoms with Crippen LogP contribution < -0.4 is 10.6 Å². The second-order valence-corrected chi connectivity index (χ2v) is 8.47. The predicted molar refractivity (Wildman–Crippen MR) is 124 cm³/mol. The van der Waals surface area contributed by atoms with E-state index in [1.807, 2.05) is 30.3 Å². The average Bonchev–Trinajstić information content (AvgIpc) is 3.65.